The molecule has 0 saturated carbocycles. The molecule has 1 aliphatic rings. The number of hydrogen-bond acceptors (Lipinski definition) is 4. The number of amides is 1. The zero-order valence-corrected chi connectivity index (χ0v) is 19.0. The quantitative estimate of drug-likeness (QED) is 0.582. The fourth-order valence-electron chi connectivity index (χ4n) is 4.39. The van der Waals surface area contributed by atoms with Crippen LogP contribution in [0.5, 0.6) is 5.75 Å². The number of aryl methyl sites for hydroxylation is 1. The summed E-state index contributed by atoms with van der Waals surface area (Å²) in [5, 5.41) is 3.12. The average Bonchev–Trinajstić information content (AvgIpc) is 3.35. The van der Waals surface area contributed by atoms with Gasteiger partial charge in [-0.15, -0.1) is 0 Å². The van der Waals surface area contributed by atoms with E-state index in [4.69, 9.17) is 9.47 Å². The topological polar surface area (TPSA) is 76.2 Å². The van der Waals surface area contributed by atoms with E-state index in [0.717, 1.165) is 30.5 Å². The summed E-state index contributed by atoms with van der Waals surface area (Å²) in [7, 11) is 1.61. The molecule has 4 rings (SSSR count). The number of aromatic amines is 1. The molecule has 1 saturated heterocycles. The van der Waals surface area contributed by atoms with Crippen molar-refractivity contribution in [1.82, 2.24) is 15.3 Å². The normalized spacial score (nSPS) is 15.3. The van der Waals surface area contributed by atoms with Gasteiger partial charge >= 0.3 is 0 Å². The minimum absolute atomic E-state index is 0.0973. The van der Waals surface area contributed by atoms with Gasteiger partial charge in [-0.05, 0) is 67.5 Å². The van der Waals surface area contributed by atoms with Crippen LogP contribution in [0.4, 0.5) is 0 Å². The Morgan fingerprint density at radius 1 is 1.25 bits per heavy atom. The number of H-pyrrole nitrogens is 1. The molecule has 3 aromatic rings. The minimum atomic E-state index is -0.0973. The molecule has 0 radical (unpaired) electrons. The summed E-state index contributed by atoms with van der Waals surface area (Å²) in [6, 6.07) is 12.4. The minimum Gasteiger partial charge on any atom is -0.496 e. The summed E-state index contributed by atoms with van der Waals surface area (Å²) in [5.41, 5.74) is 6.56. The number of carbonyl (C=O) groups is 1. The van der Waals surface area contributed by atoms with Gasteiger partial charge < -0.3 is 19.8 Å². The first kappa shape index (κ1) is 22.1. The maximum atomic E-state index is 12.9. The van der Waals surface area contributed by atoms with Gasteiger partial charge in [-0.2, -0.15) is 0 Å². The number of rotatable bonds is 7. The van der Waals surface area contributed by atoms with Crippen molar-refractivity contribution < 1.29 is 14.3 Å². The summed E-state index contributed by atoms with van der Waals surface area (Å²) in [6.07, 6.45) is 6.06. The van der Waals surface area contributed by atoms with E-state index in [1.807, 2.05) is 24.4 Å². The molecule has 6 nitrogen and oxygen atoms in total. The standard InChI is InChI=1S/C26H31N3O3/c1-17-5-4-6-21(18(17)2)23(24-15-27-16-28-24)13-19-7-8-22(25(14-19)31-3)26(30)29-20-9-11-32-12-10-20/h4-8,14-16,20,23H,9-13H2,1-3H3,(H,27,28)(H,29,30). The lowest BCUT2D eigenvalue weighted by molar-refractivity contribution is 0.0695. The van der Waals surface area contributed by atoms with Crippen molar-refractivity contribution in [3.05, 3.63) is 82.4 Å². The SMILES string of the molecule is COc1cc(CC(c2cnc[nH]2)c2cccc(C)c2C)ccc1C(=O)NC1CCOCC1. The first-order chi connectivity index (χ1) is 15.6. The van der Waals surface area contributed by atoms with Crippen molar-refractivity contribution in [2.45, 2.75) is 45.1 Å². The maximum Gasteiger partial charge on any atom is 0.255 e. The zero-order chi connectivity index (χ0) is 22.5. The number of aromatic nitrogens is 2. The lowest BCUT2D eigenvalue weighted by Crippen LogP contribution is -2.39. The highest BCUT2D eigenvalue weighted by atomic mass is 16.5. The summed E-state index contributed by atoms with van der Waals surface area (Å²) in [6.45, 7) is 5.68. The highest BCUT2D eigenvalue weighted by Crippen LogP contribution is 2.32. The first-order valence-corrected chi connectivity index (χ1v) is 11.2. The van der Waals surface area contributed by atoms with Crippen LogP contribution in [0, 0.1) is 13.8 Å². The van der Waals surface area contributed by atoms with Gasteiger partial charge in [0, 0.05) is 37.1 Å². The molecule has 2 N–H and O–H groups in total. The van der Waals surface area contributed by atoms with Crippen LogP contribution in [0.25, 0.3) is 0 Å². The molecule has 0 aliphatic carbocycles. The number of imidazole rings is 1. The molecule has 32 heavy (non-hydrogen) atoms. The van der Waals surface area contributed by atoms with Gasteiger partial charge in [0.15, 0.2) is 0 Å². The predicted octanol–water partition coefficient (Wildman–Crippen LogP) is 4.32. The second-order valence-corrected chi connectivity index (χ2v) is 8.45. The van der Waals surface area contributed by atoms with Crippen molar-refractivity contribution in [2.75, 3.05) is 20.3 Å². The number of nitrogens with one attached hydrogen (secondary N) is 2. The van der Waals surface area contributed by atoms with E-state index in [1.165, 1.54) is 16.7 Å². The van der Waals surface area contributed by atoms with Crippen LogP contribution in [-0.2, 0) is 11.2 Å². The number of hydrogen-bond donors (Lipinski definition) is 2. The maximum absolute atomic E-state index is 12.9. The predicted molar refractivity (Wildman–Crippen MR) is 124 cm³/mol. The third kappa shape index (κ3) is 4.86. The van der Waals surface area contributed by atoms with E-state index in [2.05, 4.69) is 47.3 Å². The van der Waals surface area contributed by atoms with Crippen molar-refractivity contribution in [3.8, 4) is 5.75 Å². The number of nitrogens with zero attached hydrogens (tertiary/aromatic N) is 1. The molecule has 6 heteroatoms. The number of carbonyl (C=O) groups excluding carboxylic acids is 1. The molecule has 2 aromatic carbocycles. The monoisotopic (exact) mass is 433 g/mol. The number of methoxy groups -OCH3 is 1. The lowest BCUT2D eigenvalue weighted by Gasteiger charge is -2.24. The van der Waals surface area contributed by atoms with E-state index in [-0.39, 0.29) is 17.9 Å². The van der Waals surface area contributed by atoms with Crippen LogP contribution in [0.1, 0.15) is 57.1 Å². The fourth-order valence-corrected chi connectivity index (χ4v) is 4.39. The van der Waals surface area contributed by atoms with Gasteiger partial charge in [-0.1, -0.05) is 24.3 Å². The first-order valence-electron chi connectivity index (χ1n) is 11.2. The molecule has 2 heterocycles. The summed E-state index contributed by atoms with van der Waals surface area (Å²) < 4.78 is 11.0. The summed E-state index contributed by atoms with van der Waals surface area (Å²) in [5.74, 6) is 0.625. The van der Waals surface area contributed by atoms with Crippen molar-refractivity contribution in [2.24, 2.45) is 0 Å². The molecule has 1 unspecified atom stereocenters. The Morgan fingerprint density at radius 2 is 2.06 bits per heavy atom. The van der Waals surface area contributed by atoms with E-state index in [0.29, 0.717) is 24.5 Å². The highest BCUT2D eigenvalue weighted by molar-refractivity contribution is 5.97. The number of benzene rings is 2. The van der Waals surface area contributed by atoms with Gasteiger partial charge in [-0.25, -0.2) is 4.98 Å². The number of ether oxygens (including phenoxy) is 2. The van der Waals surface area contributed by atoms with Gasteiger partial charge in [0.2, 0.25) is 0 Å². The van der Waals surface area contributed by atoms with Crippen LogP contribution in [0.15, 0.2) is 48.9 Å². The zero-order valence-electron chi connectivity index (χ0n) is 19.0. The average molecular weight is 434 g/mol. The van der Waals surface area contributed by atoms with E-state index in [1.54, 1.807) is 13.4 Å². The summed E-state index contributed by atoms with van der Waals surface area (Å²) in [4.78, 5) is 20.4. The Kier molecular flexibility index (Phi) is 6.90. The van der Waals surface area contributed by atoms with E-state index in [9.17, 15) is 4.79 Å². The molecule has 168 valence electrons. The van der Waals surface area contributed by atoms with E-state index < -0.39 is 0 Å². The Morgan fingerprint density at radius 3 is 2.78 bits per heavy atom. The van der Waals surface area contributed by atoms with Crippen LogP contribution < -0.4 is 10.1 Å². The summed E-state index contributed by atoms with van der Waals surface area (Å²) >= 11 is 0. The largest absolute Gasteiger partial charge is 0.496 e. The van der Waals surface area contributed by atoms with Crippen LogP contribution in [-0.4, -0.2) is 42.2 Å². The smallest absolute Gasteiger partial charge is 0.255 e. The lowest BCUT2D eigenvalue weighted by atomic mass is 9.85. The third-order valence-corrected chi connectivity index (χ3v) is 6.42. The molecule has 1 atom stereocenters. The van der Waals surface area contributed by atoms with Gasteiger partial charge in [0.05, 0.1) is 19.0 Å². The Balaban J connectivity index is 1.59. The highest BCUT2D eigenvalue weighted by Gasteiger charge is 2.22. The Labute approximate surface area is 189 Å². The molecule has 1 fully saturated rings. The molecular formula is C26H31N3O3. The van der Waals surface area contributed by atoms with E-state index >= 15 is 0 Å². The molecular weight excluding hydrogens is 402 g/mol. The van der Waals surface area contributed by atoms with Crippen molar-refractivity contribution in [1.29, 1.82) is 0 Å². The Hall–Kier alpha value is -3.12. The van der Waals surface area contributed by atoms with Crippen molar-refractivity contribution in [3.63, 3.8) is 0 Å². The van der Waals surface area contributed by atoms with Gasteiger partial charge in [0.1, 0.15) is 5.75 Å². The molecule has 0 spiro atoms. The van der Waals surface area contributed by atoms with Crippen molar-refractivity contribution >= 4 is 5.91 Å². The molecule has 1 aliphatic heterocycles. The second kappa shape index (κ2) is 10.0. The third-order valence-electron chi connectivity index (χ3n) is 6.42. The van der Waals surface area contributed by atoms with Crippen LogP contribution >= 0.6 is 0 Å². The molecule has 0 bridgehead atoms. The van der Waals surface area contributed by atoms with Gasteiger partial charge in [0.25, 0.3) is 5.91 Å². The molecule has 1 aromatic heterocycles. The van der Waals surface area contributed by atoms with Crippen LogP contribution in [0.2, 0.25) is 0 Å². The second-order valence-electron chi connectivity index (χ2n) is 8.45. The fraction of sp³-hybridized carbons (Fsp3) is 0.385. The van der Waals surface area contributed by atoms with Crippen LogP contribution in [0.3, 0.4) is 0 Å². The molecule has 1 amide bonds. The van der Waals surface area contributed by atoms with Gasteiger partial charge in [-0.3, -0.25) is 4.79 Å². The Bertz CT molecular complexity index is 1060.